The maximum absolute atomic E-state index is 9.48. The van der Waals surface area contributed by atoms with Crippen molar-refractivity contribution in [3.63, 3.8) is 0 Å². The Morgan fingerprint density at radius 3 is 2.73 bits per heavy atom. The molecule has 0 aliphatic heterocycles. The van der Waals surface area contributed by atoms with Crippen LogP contribution in [-0.2, 0) is 6.54 Å². The average Bonchev–Trinajstić information content (AvgIpc) is 2.81. The van der Waals surface area contributed by atoms with Gasteiger partial charge >= 0.3 is 0 Å². The lowest BCUT2D eigenvalue weighted by Crippen LogP contribution is -2.49. The van der Waals surface area contributed by atoms with Crippen molar-refractivity contribution in [2.24, 2.45) is 0 Å². The molecular formula is C12H19NO2. The van der Waals surface area contributed by atoms with E-state index < -0.39 is 0 Å². The molecule has 15 heavy (non-hydrogen) atoms. The number of rotatable bonds is 4. The van der Waals surface area contributed by atoms with Gasteiger partial charge in [-0.25, -0.2) is 0 Å². The topological polar surface area (TPSA) is 45.4 Å². The second kappa shape index (κ2) is 4.81. The van der Waals surface area contributed by atoms with Crippen molar-refractivity contribution in [3.05, 3.63) is 24.2 Å². The number of nitrogens with one attached hydrogen (secondary N) is 1. The van der Waals surface area contributed by atoms with Crippen molar-refractivity contribution in [3.8, 4) is 0 Å². The van der Waals surface area contributed by atoms with Crippen LogP contribution in [0.1, 0.15) is 37.7 Å². The molecule has 0 amide bonds. The largest absolute Gasteiger partial charge is 0.472 e. The van der Waals surface area contributed by atoms with Gasteiger partial charge in [-0.15, -0.1) is 0 Å². The first-order valence-electron chi connectivity index (χ1n) is 5.72. The van der Waals surface area contributed by atoms with Crippen LogP contribution in [0.4, 0.5) is 0 Å². The van der Waals surface area contributed by atoms with E-state index in [2.05, 4.69) is 5.32 Å². The van der Waals surface area contributed by atoms with Crippen LogP contribution in [0.2, 0.25) is 0 Å². The Bertz CT molecular complexity index is 276. The number of aliphatic hydroxyl groups is 1. The standard InChI is InChI=1S/C12H19NO2/c14-10-12(5-2-1-3-6-12)13-8-11-4-7-15-9-11/h4,7,9,13-14H,1-3,5-6,8,10H2. The van der Waals surface area contributed by atoms with Crippen molar-refractivity contribution in [2.45, 2.75) is 44.2 Å². The second-order valence-electron chi connectivity index (χ2n) is 4.48. The molecule has 1 saturated carbocycles. The first kappa shape index (κ1) is 10.7. The zero-order valence-electron chi connectivity index (χ0n) is 9.04. The van der Waals surface area contributed by atoms with Gasteiger partial charge in [0, 0.05) is 17.6 Å². The third-order valence-corrected chi connectivity index (χ3v) is 3.36. The monoisotopic (exact) mass is 209 g/mol. The average molecular weight is 209 g/mol. The summed E-state index contributed by atoms with van der Waals surface area (Å²) in [4.78, 5) is 0. The Morgan fingerprint density at radius 1 is 1.33 bits per heavy atom. The third-order valence-electron chi connectivity index (χ3n) is 3.36. The molecule has 0 saturated heterocycles. The first-order valence-corrected chi connectivity index (χ1v) is 5.72. The molecule has 2 N–H and O–H groups in total. The minimum absolute atomic E-state index is 0.0461. The molecule has 0 aromatic carbocycles. The minimum Gasteiger partial charge on any atom is -0.472 e. The van der Waals surface area contributed by atoms with Crippen LogP contribution in [0.5, 0.6) is 0 Å². The van der Waals surface area contributed by atoms with E-state index in [0.717, 1.165) is 24.9 Å². The van der Waals surface area contributed by atoms with Gasteiger partial charge in [0.25, 0.3) is 0 Å². The van der Waals surface area contributed by atoms with Gasteiger partial charge in [-0.3, -0.25) is 0 Å². The molecule has 0 bridgehead atoms. The highest BCUT2D eigenvalue weighted by atomic mass is 16.3. The molecule has 1 aromatic rings. The molecule has 0 spiro atoms. The van der Waals surface area contributed by atoms with Crippen LogP contribution in [0.3, 0.4) is 0 Å². The first-order chi connectivity index (χ1) is 7.35. The summed E-state index contributed by atoms with van der Waals surface area (Å²) >= 11 is 0. The van der Waals surface area contributed by atoms with Crippen molar-refractivity contribution in [2.75, 3.05) is 6.61 Å². The van der Waals surface area contributed by atoms with E-state index in [0.29, 0.717) is 0 Å². The van der Waals surface area contributed by atoms with E-state index in [-0.39, 0.29) is 12.1 Å². The predicted octanol–water partition coefficient (Wildman–Crippen LogP) is 2.06. The highest BCUT2D eigenvalue weighted by Crippen LogP contribution is 2.28. The van der Waals surface area contributed by atoms with E-state index in [4.69, 9.17) is 4.42 Å². The van der Waals surface area contributed by atoms with Gasteiger partial charge in [-0.2, -0.15) is 0 Å². The van der Waals surface area contributed by atoms with Crippen molar-refractivity contribution < 1.29 is 9.52 Å². The summed E-state index contributed by atoms with van der Waals surface area (Å²) in [6.07, 6.45) is 9.35. The summed E-state index contributed by atoms with van der Waals surface area (Å²) in [6.45, 7) is 1.03. The number of furan rings is 1. The Morgan fingerprint density at radius 2 is 2.13 bits per heavy atom. The molecule has 0 radical (unpaired) electrons. The quantitative estimate of drug-likeness (QED) is 0.798. The predicted molar refractivity (Wildman–Crippen MR) is 58.4 cm³/mol. The molecule has 0 atom stereocenters. The Labute approximate surface area is 90.5 Å². The van der Waals surface area contributed by atoms with E-state index in [9.17, 15) is 5.11 Å². The lowest BCUT2D eigenvalue weighted by molar-refractivity contribution is 0.119. The maximum Gasteiger partial charge on any atom is 0.0947 e. The molecule has 0 unspecified atom stereocenters. The molecule has 2 rings (SSSR count). The molecule has 1 fully saturated rings. The summed E-state index contributed by atoms with van der Waals surface area (Å²) in [6, 6.07) is 1.96. The van der Waals surface area contributed by atoms with Crippen LogP contribution < -0.4 is 5.32 Å². The fraction of sp³-hybridized carbons (Fsp3) is 0.667. The van der Waals surface area contributed by atoms with Crippen LogP contribution >= 0.6 is 0 Å². The van der Waals surface area contributed by atoms with Gasteiger partial charge in [-0.1, -0.05) is 19.3 Å². The fourth-order valence-electron chi connectivity index (χ4n) is 2.30. The molecule has 1 heterocycles. The van der Waals surface area contributed by atoms with Crippen molar-refractivity contribution in [1.82, 2.24) is 5.32 Å². The lowest BCUT2D eigenvalue weighted by atomic mass is 9.82. The Kier molecular flexibility index (Phi) is 3.44. The van der Waals surface area contributed by atoms with Crippen LogP contribution in [0, 0.1) is 0 Å². The van der Waals surface area contributed by atoms with Crippen LogP contribution in [0.25, 0.3) is 0 Å². The molecular weight excluding hydrogens is 190 g/mol. The number of hydrogen-bond donors (Lipinski definition) is 2. The van der Waals surface area contributed by atoms with Gasteiger partial charge in [0.15, 0.2) is 0 Å². The number of hydrogen-bond acceptors (Lipinski definition) is 3. The van der Waals surface area contributed by atoms with Crippen molar-refractivity contribution in [1.29, 1.82) is 0 Å². The maximum atomic E-state index is 9.48. The highest BCUT2D eigenvalue weighted by molar-refractivity contribution is 5.06. The second-order valence-corrected chi connectivity index (χ2v) is 4.48. The zero-order valence-corrected chi connectivity index (χ0v) is 9.04. The minimum atomic E-state index is -0.0461. The summed E-state index contributed by atoms with van der Waals surface area (Å²) < 4.78 is 5.02. The Hall–Kier alpha value is -0.800. The zero-order chi connectivity index (χ0) is 10.6. The Balaban J connectivity index is 1.89. The summed E-state index contributed by atoms with van der Waals surface area (Å²) in [5.41, 5.74) is 1.10. The van der Waals surface area contributed by atoms with Crippen molar-refractivity contribution >= 4 is 0 Å². The van der Waals surface area contributed by atoms with Gasteiger partial charge in [0.2, 0.25) is 0 Å². The molecule has 3 heteroatoms. The van der Waals surface area contributed by atoms with E-state index in [1.165, 1.54) is 19.3 Å². The van der Waals surface area contributed by atoms with Gasteiger partial charge in [0.05, 0.1) is 19.1 Å². The van der Waals surface area contributed by atoms with Gasteiger partial charge in [-0.05, 0) is 18.9 Å². The van der Waals surface area contributed by atoms with E-state index >= 15 is 0 Å². The third kappa shape index (κ3) is 2.61. The smallest absolute Gasteiger partial charge is 0.0947 e. The highest BCUT2D eigenvalue weighted by Gasteiger charge is 2.30. The molecule has 1 aliphatic rings. The fourth-order valence-corrected chi connectivity index (χ4v) is 2.30. The van der Waals surface area contributed by atoms with E-state index in [1.807, 2.05) is 6.07 Å². The van der Waals surface area contributed by atoms with Gasteiger partial charge in [0.1, 0.15) is 0 Å². The summed E-state index contributed by atoms with van der Waals surface area (Å²) in [5.74, 6) is 0. The summed E-state index contributed by atoms with van der Waals surface area (Å²) in [5, 5.41) is 13.0. The summed E-state index contributed by atoms with van der Waals surface area (Å²) in [7, 11) is 0. The molecule has 1 aliphatic carbocycles. The van der Waals surface area contributed by atoms with Crippen LogP contribution in [0.15, 0.2) is 23.0 Å². The van der Waals surface area contributed by atoms with Gasteiger partial charge < -0.3 is 14.8 Å². The normalized spacial score (nSPS) is 20.3. The molecule has 1 aromatic heterocycles. The molecule has 84 valence electrons. The molecule has 3 nitrogen and oxygen atoms in total. The number of aliphatic hydroxyl groups excluding tert-OH is 1. The lowest BCUT2D eigenvalue weighted by Gasteiger charge is -2.36. The van der Waals surface area contributed by atoms with E-state index in [1.54, 1.807) is 12.5 Å². The SMILES string of the molecule is OCC1(NCc2ccoc2)CCCCC1. The van der Waals surface area contributed by atoms with Crippen LogP contribution in [-0.4, -0.2) is 17.3 Å².